The molecule has 1 nitrogen and oxygen atoms in total. The second-order valence-corrected chi connectivity index (χ2v) is 6.15. The first-order chi connectivity index (χ1) is 9.15. The van der Waals surface area contributed by atoms with Crippen LogP contribution in [0.15, 0.2) is 35.5 Å². The van der Waals surface area contributed by atoms with Gasteiger partial charge in [-0.25, -0.2) is 0 Å². The van der Waals surface area contributed by atoms with Crippen LogP contribution in [0.5, 0.6) is 0 Å². The highest BCUT2D eigenvalue weighted by Crippen LogP contribution is 2.33. The second-order valence-electron chi connectivity index (χ2n) is 6.15. The van der Waals surface area contributed by atoms with Gasteiger partial charge < -0.3 is 5.11 Å². The molecule has 0 fully saturated rings. The zero-order valence-electron chi connectivity index (χ0n) is 12.5. The van der Waals surface area contributed by atoms with Crippen LogP contribution in [0, 0.1) is 5.92 Å². The van der Waals surface area contributed by atoms with Crippen molar-refractivity contribution in [2.45, 2.75) is 70.8 Å². The van der Waals surface area contributed by atoms with Gasteiger partial charge in [0.15, 0.2) is 0 Å². The maximum Gasteiger partial charge on any atom is 0.0867 e. The fraction of sp³-hybridized carbons (Fsp3) is 0.667. The van der Waals surface area contributed by atoms with E-state index in [1.165, 1.54) is 31.3 Å². The highest BCUT2D eigenvalue weighted by Gasteiger charge is 2.27. The summed E-state index contributed by atoms with van der Waals surface area (Å²) in [6.45, 7) is 4.42. The van der Waals surface area contributed by atoms with E-state index in [-0.39, 0.29) is 0 Å². The van der Waals surface area contributed by atoms with Crippen molar-refractivity contribution < 1.29 is 5.11 Å². The zero-order chi connectivity index (χ0) is 13.7. The van der Waals surface area contributed by atoms with Gasteiger partial charge in [-0.2, -0.15) is 0 Å². The minimum Gasteiger partial charge on any atom is -0.385 e. The van der Waals surface area contributed by atoms with E-state index in [2.05, 4.69) is 38.2 Å². The summed E-state index contributed by atoms with van der Waals surface area (Å²) in [6, 6.07) is 0. The van der Waals surface area contributed by atoms with Gasteiger partial charge in [0, 0.05) is 6.42 Å². The lowest BCUT2D eigenvalue weighted by Gasteiger charge is -2.30. The van der Waals surface area contributed by atoms with Crippen LogP contribution in [0.1, 0.15) is 65.2 Å². The van der Waals surface area contributed by atoms with Crippen LogP contribution in [0.3, 0.4) is 0 Å². The van der Waals surface area contributed by atoms with E-state index in [9.17, 15) is 5.11 Å². The topological polar surface area (TPSA) is 20.2 Å². The van der Waals surface area contributed by atoms with Gasteiger partial charge in [0.05, 0.1) is 5.60 Å². The Kier molecular flexibility index (Phi) is 5.04. The minimum atomic E-state index is -0.576. The zero-order valence-corrected chi connectivity index (χ0v) is 12.5. The molecule has 2 aliphatic carbocycles. The quantitative estimate of drug-likeness (QED) is 0.710. The molecule has 0 saturated carbocycles. The summed E-state index contributed by atoms with van der Waals surface area (Å²) in [5, 5.41) is 10.7. The summed E-state index contributed by atoms with van der Waals surface area (Å²) in [7, 11) is 0. The Balaban J connectivity index is 1.95. The smallest absolute Gasteiger partial charge is 0.0867 e. The van der Waals surface area contributed by atoms with Crippen LogP contribution in [0.4, 0.5) is 0 Å². The average molecular weight is 260 g/mol. The maximum absolute atomic E-state index is 10.7. The van der Waals surface area contributed by atoms with Crippen LogP contribution in [-0.2, 0) is 0 Å². The van der Waals surface area contributed by atoms with Gasteiger partial charge in [-0.15, -0.1) is 0 Å². The van der Waals surface area contributed by atoms with Crippen LogP contribution < -0.4 is 0 Å². The van der Waals surface area contributed by atoms with Gasteiger partial charge in [-0.1, -0.05) is 49.3 Å². The predicted molar refractivity (Wildman–Crippen MR) is 82.0 cm³/mol. The van der Waals surface area contributed by atoms with E-state index >= 15 is 0 Å². The normalized spacial score (nSPS) is 32.3. The van der Waals surface area contributed by atoms with E-state index in [1.807, 2.05) is 0 Å². The highest BCUT2D eigenvalue weighted by molar-refractivity contribution is 5.18. The summed E-state index contributed by atoms with van der Waals surface area (Å²) in [4.78, 5) is 0. The fourth-order valence-electron chi connectivity index (χ4n) is 3.28. The summed E-state index contributed by atoms with van der Waals surface area (Å²) in [5.74, 6) is 0.639. The average Bonchev–Trinajstić information content (AvgIpc) is 2.45. The van der Waals surface area contributed by atoms with E-state index in [0.29, 0.717) is 5.92 Å². The lowest BCUT2D eigenvalue weighted by atomic mass is 9.81. The third-order valence-electron chi connectivity index (χ3n) is 4.63. The van der Waals surface area contributed by atoms with Gasteiger partial charge in [-0.05, 0) is 50.9 Å². The number of rotatable bonds is 4. The van der Waals surface area contributed by atoms with Gasteiger partial charge in [-0.3, -0.25) is 0 Å². The molecule has 0 amide bonds. The van der Waals surface area contributed by atoms with E-state index in [4.69, 9.17) is 0 Å². The lowest BCUT2D eigenvalue weighted by Crippen LogP contribution is -2.29. The Morgan fingerprint density at radius 1 is 1.21 bits per heavy atom. The van der Waals surface area contributed by atoms with E-state index < -0.39 is 5.60 Å². The molecule has 2 rings (SSSR count). The molecular weight excluding hydrogens is 232 g/mol. The molecule has 2 unspecified atom stereocenters. The standard InChI is InChI=1S/C18H28O/c1-3-15-7-5-8-17(13-15)10-12-18(19)11-6-9-16(4-2)14-18/h7,9-10,12,17,19H,3-6,8,11,13-14H2,1-2H3/b12-10+. The van der Waals surface area contributed by atoms with Crippen molar-refractivity contribution in [2.75, 3.05) is 0 Å². The molecule has 0 aliphatic heterocycles. The van der Waals surface area contributed by atoms with Crippen molar-refractivity contribution in [3.63, 3.8) is 0 Å². The molecule has 0 bridgehead atoms. The van der Waals surface area contributed by atoms with Gasteiger partial charge in [0.1, 0.15) is 0 Å². The molecule has 0 saturated heterocycles. The molecule has 2 atom stereocenters. The van der Waals surface area contributed by atoms with Gasteiger partial charge in [0.2, 0.25) is 0 Å². The SMILES string of the molecule is CCC1=CCCC(/C=C/C2(O)CCC=C(CC)C2)C1. The highest BCUT2D eigenvalue weighted by atomic mass is 16.3. The summed E-state index contributed by atoms with van der Waals surface area (Å²) >= 11 is 0. The molecule has 0 aromatic heterocycles. The molecule has 0 radical (unpaired) electrons. The van der Waals surface area contributed by atoms with E-state index in [0.717, 1.165) is 25.7 Å². The molecule has 19 heavy (non-hydrogen) atoms. The Bertz CT molecular complexity index is 388. The molecule has 2 aliphatic rings. The first kappa shape index (κ1) is 14.6. The molecule has 1 heteroatoms. The Morgan fingerprint density at radius 3 is 2.68 bits per heavy atom. The van der Waals surface area contributed by atoms with Crippen molar-refractivity contribution in [1.82, 2.24) is 0 Å². The lowest BCUT2D eigenvalue weighted by molar-refractivity contribution is 0.0765. The number of hydrogen-bond acceptors (Lipinski definition) is 1. The Hall–Kier alpha value is -0.820. The van der Waals surface area contributed by atoms with Crippen LogP contribution in [0.2, 0.25) is 0 Å². The van der Waals surface area contributed by atoms with Crippen LogP contribution in [-0.4, -0.2) is 10.7 Å². The molecule has 0 heterocycles. The fourth-order valence-corrected chi connectivity index (χ4v) is 3.28. The maximum atomic E-state index is 10.7. The minimum absolute atomic E-state index is 0.576. The van der Waals surface area contributed by atoms with Gasteiger partial charge >= 0.3 is 0 Å². The van der Waals surface area contributed by atoms with Crippen LogP contribution in [0.25, 0.3) is 0 Å². The van der Waals surface area contributed by atoms with E-state index in [1.54, 1.807) is 5.57 Å². The Morgan fingerprint density at radius 2 is 1.95 bits per heavy atom. The van der Waals surface area contributed by atoms with Crippen molar-refractivity contribution in [3.05, 3.63) is 35.5 Å². The second kappa shape index (κ2) is 6.56. The number of allylic oxidation sites excluding steroid dienone is 4. The Labute approximate surface area is 118 Å². The summed E-state index contributed by atoms with van der Waals surface area (Å²) in [5.41, 5.74) is 2.43. The molecule has 0 aromatic rings. The first-order valence-corrected chi connectivity index (χ1v) is 7.92. The monoisotopic (exact) mass is 260 g/mol. The molecule has 0 aromatic carbocycles. The first-order valence-electron chi connectivity index (χ1n) is 7.92. The van der Waals surface area contributed by atoms with Crippen LogP contribution >= 0.6 is 0 Å². The largest absolute Gasteiger partial charge is 0.385 e. The van der Waals surface area contributed by atoms with Crippen molar-refractivity contribution in [1.29, 1.82) is 0 Å². The summed E-state index contributed by atoms with van der Waals surface area (Å²) in [6.07, 6.45) is 17.7. The van der Waals surface area contributed by atoms with Crippen molar-refractivity contribution >= 4 is 0 Å². The van der Waals surface area contributed by atoms with Crippen molar-refractivity contribution in [3.8, 4) is 0 Å². The molecule has 106 valence electrons. The predicted octanol–water partition coefficient (Wildman–Crippen LogP) is 4.93. The molecule has 1 N–H and O–H groups in total. The number of aliphatic hydroxyl groups is 1. The van der Waals surface area contributed by atoms with Gasteiger partial charge in [0.25, 0.3) is 0 Å². The third-order valence-corrected chi connectivity index (χ3v) is 4.63. The summed E-state index contributed by atoms with van der Waals surface area (Å²) < 4.78 is 0. The van der Waals surface area contributed by atoms with Crippen molar-refractivity contribution in [2.24, 2.45) is 5.92 Å². The molecular formula is C18H28O. The number of hydrogen-bond donors (Lipinski definition) is 1. The third kappa shape index (κ3) is 4.07. The molecule has 0 spiro atoms.